The summed E-state index contributed by atoms with van der Waals surface area (Å²) in [6, 6.07) is 5.41. The molecule has 0 spiro atoms. The molecule has 2 fully saturated rings. The number of nitrogens with two attached hydrogens (primary N) is 1. The van der Waals surface area contributed by atoms with Gasteiger partial charge < -0.3 is 20.5 Å². The molecular formula is C19H23N3O3. The number of aromatic nitrogens is 1. The monoisotopic (exact) mass is 341 g/mol. The molecule has 6 nitrogen and oxygen atoms in total. The Morgan fingerprint density at radius 3 is 2.80 bits per heavy atom. The third-order valence-electron chi connectivity index (χ3n) is 5.14. The topological polar surface area (TPSA) is 86.5 Å². The van der Waals surface area contributed by atoms with E-state index in [1.54, 1.807) is 12.3 Å². The number of primary amides is 1. The highest BCUT2D eigenvalue weighted by Gasteiger charge is 2.53. The van der Waals surface area contributed by atoms with Gasteiger partial charge in [-0.15, -0.1) is 0 Å². The Bertz CT molecular complexity index is 811. The molecule has 132 valence electrons. The molecule has 3 N–H and O–H groups in total. The molecular weight excluding hydrogens is 318 g/mol. The number of carbonyl (C=O) groups excluding carboxylic acids is 1. The van der Waals surface area contributed by atoms with Crippen molar-refractivity contribution in [3.8, 4) is 11.6 Å². The number of pyridine rings is 1. The highest BCUT2D eigenvalue weighted by molar-refractivity contribution is 6.01. The molecule has 2 heterocycles. The number of nitrogens with zero attached hydrogens (tertiary/aromatic N) is 1. The van der Waals surface area contributed by atoms with Gasteiger partial charge in [0.05, 0.1) is 18.3 Å². The summed E-state index contributed by atoms with van der Waals surface area (Å²) in [7, 11) is 0. The summed E-state index contributed by atoms with van der Waals surface area (Å²) in [5, 5.41) is 5.10. The number of hydrogen-bond acceptors (Lipinski definition) is 5. The van der Waals surface area contributed by atoms with Gasteiger partial charge in [0.2, 0.25) is 5.88 Å². The minimum atomic E-state index is -0.505. The van der Waals surface area contributed by atoms with Crippen molar-refractivity contribution in [3.05, 3.63) is 30.0 Å². The predicted octanol–water partition coefficient (Wildman–Crippen LogP) is 1.97. The van der Waals surface area contributed by atoms with Gasteiger partial charge in [0.15, 0.2) is 0 Å². The molecule has 1 aliphatic carbocycles. The van der Waals surface area contributed by atoms with Crippen molar-refractivity contribution in [2.24, 2.45) is 23.5 Å². The number of carbonyl (C=O) groups is 1. The van der Waals surface area contributed by atoms with E-state index in [2.05, 4.69) is 10.3 Å². The molecule has 1 aromatic heterocycles. The maximum absolute atomic E-state index is 11.8. The lowest BCUT2D eigenvalue weighted by Gasteiger charge is -2.15. The molecule has 6 heteroatoms. The van der Waals surface area contributed by atoms with Gasteiger partial charge in [-0.2, -0.15) is 0 Å². The van der Waals surface area contributed by atoms with Crippen LogP contribution in [0.25, 0.3) is 10.8 Å². The normalized spacial score (nSPS) is 24.4. The lowest BCUT2D eigenvalue weighted by Crippen LogP contribution is -2.18. The molecule has 25 heavy (non-hydrogen) atoms. The fraction of sp³-hybridized carbons (Fsp3) is 0.474. The van der Waals surface area contributed by atoms with Crippen molar-refractivity contribution in [1.29, 1.82) is 0 Å². The number of hydrogen-bond donors (Lipinski definition) is 2. The zero-order chi connectivity index (χ0) is 17.6. The van der Waals surface area contributed by atoms with Crippen molar-refractivity contribution in [3.63, 3.8) is 0 Å². The van der Waals surface area contributed by atoms with E-state index in [0.29, 0.717) is 29.7 Å². The van der Waals surface area contributed by atoms with Crippen LogP contribution >= 0.6 is 0 Å². The average Bonchev–Trinajstić information content (AvgIpc) is 2.99. The Morgan fingerprint density at radius 1 is 1.36 bits per heavy atom. The summed E-state index contributed by atoms with van der Waals surface area (Å²) in [5.74, 6) is 2.66. The zero-order valence-electron chi connectivity index (χ0n) is 14.5. The van der Waals surface area contributed by atoms with E-state index in [1.807, 2.05) is 26.0 Å². The Kier molecular flexibility index (Phi) is 4.00. The summed E-state index contributed by atoms with van der Waals surface area (Å²) in [5.41, 5.74) is 5.88. The van der Waals surface area contributed by atoms with Crippen molar-refractivity contribution < 1.29 is 14.3 Å². The molecule has 3 atom stereocenters. The second-order valence-electron chi connectivity index (χ2n) is 7.18. The lowest BCUT2D eigenvalue weighted by atomic mass is 10.1. The van der Waals surface area contributed by atoms with Gasteiger partial charge in [-0.3, -0.25) is 4.79 Å². The van der Waals surface area contributed by atoms with Crippen LogP contribution in [0.3, 0.4) is 0 Å². The fourth-order valence-corrected chi connectivity index (χ4v) is 3.80. The molecule has 0 unspecified atom stereocenters. The van der Waals surface area contributed by atoms with E-state index in [9.17, 15) is 4.79 Å². The Balaban J connectivity index is 1.63. The first-order valence-corrected chi connectivity index (χ1v) is 8.77. The number of rotatable bonds is 6. The minimum absolute atomic E-state index is 0.0603. The first-order chi connectivity index (χ1) is 12.0. The quantitative estimate of drug-likeness (QED) is 0.839. The summed E-state index contributed by atoms with van der Waals surface area (Å²) in [6.45, 7) is 6.69. The highest BCUT2D eigenvalue weighted by atomic mass is 16.5. The van der Waals surface area contributed by atoms with Gasteiger partial charge in [0.1, 0.15) is 5.75 Å². The zero-order valence-corrected chi connectivity index (χ0v) is 14.5. The third kappa shape index (κ3) is 3.02. The van der Waals surface area contributed by atoms with E-state index in [1.165, 1.54) is 0 Å². The van der Waals surface area contributed by atoms with Gasteiger partial charge in [0, 0.05) is 17.5 Å². The number of fused-ring (bicyclic) bond motifs is 2. The van der Waals surface area contributed by atoms with Gasteiger partial charge in [0.25, 0.3) is 5.91 Å². The molecule has 1 amide bonds. The summed E-state index contributed by atoms with van der Waals surface area (Å²) >= 11 is 0. The predicted molar refractivity (Wildman–Crippen MR) is 94.9 cm³/mol. The van der Waals surface area contributed by atoms with Crippen LogP contribution in [0, 0.1) is 17.8 Å². The first kappa shape index (κ1) is 16.1. The lowest BCUT2D eigenvalue weighted by molar-refractivity contribution is 0.0994. The van der Waals surface area contributed by atoms with Crippen molar-refractivity contribution in [2.75, 3.05) is 19.7 Å². The Hall–Kier alpha value is -2.34. The van der Waals surface area contributed by atoms with E-state index in [-0.39, 0.29) is 6.10 Å². The van der Waals surface area contributed by atoms with Crippen LogP contribution in [0.2, 0.25) is 0 Å². The summed E-state index contributed by atoms with van der Waals surface area (Å²) in [6.07, 6.45) is 1.63. The smallest absolute Gasteiger partial charge is 0.252 e. The molecule has 2 aromatic rings. The van der Waals surface area contributed by atoms with Crippen LogP contribution in [0.1, 0.15) is 24.2 Å². The minimum Gasteiger partial charge on any atom is -0.490 e. The van der Waals surface area contributed by atoms with Gasteiger partial charge in [-0.1, -0.05) is 0 Å². The molecule has 4 rings (SSSR count). The molecule has 0 radical (unpaired) electrons. The first-order valence-electron chi connectivity index (χ1n) is 8.77. The molecule has 2 aliphatic rings. The van der Waals surface area contributed by atoms with E-state index < -0.39 is 5.91 Å². The summed E-state index contributed by atoms with van der Waals surface area (Å²) in [4.78, 5) is 16.1. The van der Waals surface area contributed by atoms with Gasteiger partial charge in [-0.05, 0) is 62.4 Å². The molecule has 1 aliphatic heterocycles. The van der Waals surface area contributed by atoms with E-state index in [0.717, 1.165) is 35.7 Å². The highest BCUT2D eigenvalue weighted by Crippen LogP contribution is 2.48. The fourth-order valence-electron chi connectivity index (χ4n) is 3.80. The van der Waals surface area contributed by atoms with Crippen LogP contribution < -0.4 is 20.5 Å². The van der Waals surface area contributed by atoms with Gasteiger partial charge in [-0.25, -0.2) is 4.98 Å². The van der Waals surface area contributed by atoms with Crippen molar-refractivity contribution in [2.45, 2.75) is 20.0 Å². The number of ether oxygens (including phenoxy) is 2. The standard InChI is InChI=1S/C19H23N3O3/c1-10(2)25-17-6-12-11(5-13(17)18(20)23)3-4-22-19(12)24-9-16-14-7-21-8-15(14)16/h3-6,10,14-16,21H,7-9H2,1-2H3,(H2,20,23)/t14-,15+,16-. The van der Waals surface area contributed by atoms with Crippen LogP contribution in [0.4, 0.5) is 0 Å². The third-order valence-corrected chi connectivity index (χ3v) is 5.14. The summed E-state index contributed by atoms with van der Waals surface area (Å²) < 4.78 is 11.8. The number of piperidine rings is 1. The van der Waals surface area contributed by atoms with Gasteiger partial charge >= 0.3 is 0 Å². The van der Waals surface area contributed by atoms with Crippen LogP contribution in [0.5, 0.6) is 11.6 Å². The molecule has 1 saturated heterocycles. The van der Waals surface area contributed by atoms with Crippen LogP contribution in [0.15, 0.2) is 24.4 Å². The van der Waals surface area contributed by atoms with Crippen molar-refractivity contribution in [1.82, 2.24) is 10.3 Å². The van der Waals surface area contributed by atoms with Crippen LogP contribution in [-0.4, -0.2) is 36.7 Å². The van der Waals surface area contributed by atoms with Crippen LogP contribution in [-0.2, 0) is 0 Å². The second kappa shape index (κ2) is 6.19. The van der Waals surface area contributed by atoms with E-state index >= 15 is 0 Å². The Morgan fingerprint density at radius 2 is 2.12 bits per heavy atom. The van der Waals surface area contributed by atoms with E-state index in [4.69, 9.17) is 15.2 Å². The maximum Gasteiger partial charge on any atom is 0.252 e. The number of benzene rings is 1. The Labute approximate surface area is 146 Å². The number of nitrogens with one attached hydrogen (secondary N) is 1. The maximum atomic E-state index is 11.8. The molecule has 1 aromatic carbocycles. The SMILES string of the molecule is CC(C)Oc1cc2c(OC[C@@H]3[C@@H]4CNC[C@@H]43)nccc2cc1C(N)=O. The average molecular weight is 341 g/mol. The number of amides is 1. The second-order valence-corrected chi connectivity index (χ2v) is 7.18. The largest absolute Gasteiger partial charge is 0.490 e. The van der Waals surface area contributed by atoms with Crippen molar-refractivity contribution >= 4 is 16.7 Å². The molecule has 0 bridgehead atoms. The molecule has 1 saturated carbocycles.